The minimum atomic E-state index is 0. The molecule has 80 valence electrons. The van der Waals surface area contributed by atoms with Gasteiger partial charge in [0.1, 0.15) is 0 Å². The molecular formula is C8H19Cl2N3. The molecule has 1 atom stereocenters. The van der Waals surface area contributed by atoms with Gasteiger partial charge in [-0.3, -0.25) is 4.99 Å². The quantitative estimate of drug-likeness (QED) is 0.760. The number of hydrogen-bond donors (Lipinski definition) is 2. The minimum absolute atomic E-state index is 0. The maximum absolute atomic E-state index is 5.85. The van der Waals surface area contributed by atoms with Crippen LogP contribution in [0.3, 0.4) is 0 Å². The van der Waals surface area contributed by atoms with Gasteiger partial charge in [-0.2, -0.15) is 0 Å². The standard InChI is InChI=1S/C8H17N3.2ClH/c9-5-4-7(10)8-3-1-2-6-11-8;;/h7H,1-6,9-10H2;2*1H. The topological polar surface area (TPSA) is 64.4 Å². The van der Waals surface area contributed by atoms with E-state index in [2.05, 4.69) is 4.99 Å². The molecule has 0 saturated carbocycles. The van der Waals surface area contributed by atoms with Gasteiger partial charge in [0.05, 0.1) is 0 Å². The molecule has 1 unspecified atom stereocenters. The lowest BCUT2D eigenvalue weighted by Gasteiger charge is -2.17. The molecule has 0 saturated heterocycles. The summed E-state index contributed by atoms with van der Waals surface area (Å²) in [6.07, 6.45) is 4.43. The zero-order valence-electron chi connectivity index (χ0n) is 7.74. The Morgan fingerprint density at radius 2 is 2.00 bits per heavy atom. The van der Waals surface area contributed by atoms with Crippen molar-refractivity contribution in [1.82, 2.24) is 0 Å². The predicted molar refractivity (Wildman–Crippen MR) is 62.3 cm³/mol. The SMILES string of the molecule is Cl.Cl.NCCC(N)C1=NCCCC1. The summed E-state index contributed by atoms with van der Waals surface area (Å²) in [5, 5.41) is 0. The third kappa shape index (κ3) is 5.47. The molecule has 1 heterocycles. The zero-order valence-corrected chi connectivity index (χ0v) is 9.37. The highest BCUT2D eigenvalue weighted by molar-refractivity contribution is 5.89. The third-order valence-electron chi connectivity index (χ3n) is 2.06. The van der Waals surface area contributed by atoms with E-state index in [1.165, 1.54) is 18.6 Å². The summed E-state index contributed by atoms with van der Waals surface area (Å²) in [5.41, 5.74) is 12.4. The Balaban J connectivity index is 0. The number of hydrogen-bond acceptors (Lipinski definition) is 3. The van der Waals surface area contributed by atoms with Crippen LogP contribution >= 0.6 is 24.8 Å². The van der Waals surface area contributed by atoms with E-state index in [1.54, 1.807) is 0 Å². The summed E-state index contributed by atoms with van der Waals surface area (Å²) in [5.74, 6) is 0. The summed E-state index contributed by atoms with van der Waals surface area (Å²) < 4.78 is 0. The Morgan fingerprint density at radius 3 is 2.46 bits per heavy atom. The fourth-order valence-corrected chi connectivity index (χ4v) is 1.37. The van der Waals surface area contributed by atoms with Crippen LogP contribution in [-0.4, -0.2) is 24.8 Å². The summed E-state index contributed by atoms with van der Waals surface area (Å²) in [7, 11) is 0. The van der Waals surface area contributed by atoms with Gasteiger partial charge in [0, 0.05) is 18.3 Å². The molecule has 0 aromatic carbocycles. The second-order valence-corrected chi connectivity index (χ2v) is 3.01. The minimum Gasteiger partial charge on any atom is -0.330 e. The van der Waals surface area contributed by atoms with Crippen molar-refractivity contribution in [2.45, 2.75) is 31.7 Å². The zero-order chi connectivity index (χ0) is 8.10. The highest BCUT2D eigenvalue weighted by Gasteiger charge is 2.12. The first-order chi connectivity index (χ1) is 5.34. The van der Waals surface area contributed by atoms with Gasteiger partial charge in [0.2, 0.25) is 0 Å². The number of halogens is 2. The molecule has 0 aromatic heterocycles. The molecule has 5 heteroatoms. The van der Waals surface area contributed by atoms with Crippen LogP contribution in [0.15, 0.2) is 4.99 Å². The van der Waals surface area contributed by atoms with Gasteiger partial charge in [0.25, 0.3) is 0 Å². The van der Waals surface area contributed by atoms with Crippen molar-refractivity contribution in [1.29, 1.82) is 0 Å². The molecule has 1 rings (SSSR count). The second-order valence-electron chi connectivity index (χ2n) is 3.01. The van der Waals surface area contributed by atoms with E-state index in [4.69, 9.17) is 11.5 Å². The monoisotopic (exact) mass is 227 g/mol. The number of nitrogens with zero attached hydrogens (tertiary/aromatic N) is 1. The van der Waals surface area contributed by atoms with Gasteiger partial charge >= 0.3 is 0 Å². The maximum Gasteiger partial charge on any atom is 0.0437 e. The van der Waals surface area contributed by atoms with Crippen LogP contribution in [-0.2, 0) is 0 Å². The summed E-state index contributed by atoms with van der Waals surface area (Å²) in [6.45, 7) is 1.63. The Bertz CT molecular complexity index is 150. The van der Waals surface area contributed by atoms with Crippen LogP contribution in [0.1, 0.15) is 25.7 Å². The molecule has 0 aliphatic carbocycles. The fraction of sp³-hybridized carbons (Fsp3) is 0.875. The van der Waals surface area contributed by atoms with Crippen LogP contribution in [0, 0.1) is 0 Å². The van der Waals surface area contributed by atoms with Crippen LogP contribution in [0.2, 0.25) is 0 Å². The smallest absolute Gasteiger partial charge is 0.0437 e. The first-order valence-corrected chi connectivity index (χ1v) is 4.33. The highest BCUT2D eigenvalue weighted by atomic mass is 35.5. The molecule has 3 nitrogen and oxygen atoms in total. The van der Waals surface area contributed by atoms with E-state index in [1.807, 2.05) is 0 Å². The van der Waals surface area contributed by atoms with E-state index in [0.29, 0.717) is 6.54 Å². The van der Waals surface area contributed by atoms with E-state index in [0.717, 1.165) is 19.4 Å². The molecule has 1 aliphatic heterocycles. The van der Waals surface area contributed by atoms with Gasteiger partial charge in [-0.15, -0.1) is 24.8 Å². The first kappa shape index (κ1) is 15.6. The molecule has 4 N–H and O–H groups in total. The van der Waals surface area contributed by atoms with E-state index in [9.17, 15) is 0 Å². The average Bonchev–Trinajstić information content (AvgIpc) is 2.07. The molecule has 0 aromatic rings. The van der Waals surface area contributed by atoms with Gasteiger partial charge in [-0.25, -0.2) is 0 Å². The molecule has 0 radical (unpaired) electrons. The maximum atomic E-state index is 5.85. The molecule has 0 spiro atoms. The Hall–Kier alpha value is 0.170. The van der Waals surface area contributed by atoms with Crippen LogP contribution in [0.25, 0.3) is 0 Å². The van der Waals surface area contributed by atoms with E-state index >= 15 is 0 Å². The normalized spacial score (nSPS) is 17.8. The van der Waals surface area contributed by atoms with Crippen molar-refractivity contribution in [2.24, 2.45) is 16.5 Å². The Labute approximate surface area is 92.2 Å². The summed E-state index contributed by atoms with van der Waals surface area (Å²) >= 11 is 0. The molecule has 0 bridgehead atoms. The van der Waals surface area contributed by atoms with Crippen LogP contribution in [0.4, 0.5) is 0 Å². The van der Waals surface area contributed by atoms with Crippen molar-refractivity contribution in [2.75, 3.05) is 13.1 Å². The third-order valence-corrected chi connectivity index (χ3v) is 2.06. The van der Waals surface area contributed by atoms with Gasteiger partial charge in [-0.05, 0) is 32.2 Å². The highest BCUT2D eigenvalue weighted by Crippen LogP contribution is 2.08. The number of nitrogens with two attached hydrogens (primary N) is 2. The van der Waals surface area contributed by atoms with Crippen molar-refractivity contribution in [3.63, 3.8) is 0 Å². The fourth-order valence-electron chi connectivity index (χ4n) is 1.37. The Morgan fingerprint density at radius 1 is 1.31 bits per heavy atom. The predicted octanol–water partition coefficient (Wildman–Crippen LogP) is 1.13. The molecule has 0 amide bonds. The van der Waals surface area contributed by atoms with Crippen molar-refractivity contribution in [3.05, 3.63) is 0 Å². The average molecular weight is 228 g/mol. The summed E-state index contributed by atoms with van der Waals surface area (Å²) in [4.78, 5) is 4.38. The van der Waals surface area contributed by atoms with E-state index < -0.39 is 0 Å². The Kier molecular flexibility index (Phi) is 10.5. The van der Waals surface area contributed by atoms with Gasteiger partial charge in [0.15, 0.2) is 0 Å². The molecular weight excluding hydrogens is 209 g/mol. The lowest BCUT2D eigenvalue weighted by Crippen LogP contribution is -2.34. The van der Waals surface area contributed by atoms with Crippen LogP contribution in [0.5, 0.6) is 0 Å². The molecule has 0 fully saturated rings. The largest absolute Gasteiger partial charge is 0.330 e. The number of aliphatic imine (C=N–C) groups is 1. The lowest BCUT2D eigenvalue weighted by molar-refractivity contribution is 0.679. The van der Waals surface area contributed by atoms with Crippen molar-refractivity contribution >= 4 is 30.5 Å². The summed E-state index contributed by atoms with van der Waals surface area (Å²) in [6, 6.07) is 0.125. The van der Waals surface area contributed by atoms with Gasteiger partial charge < -0.3 is 11.5 Å². The van der Waals surface area contributed by atoms with Gasteiger partial charge in [-0.1, -0.05) is 0 Å². The van der Waals surface area contributed by atoms with Crippen LogP contribution < -0.4 is 11.5 Å². The first-order valence-electron chi connectivity index (χ1n) is 4.33. The van der Waals surface area contributed by atoms with Crippen molar-refractivity contribution < 1.29 is 0 Å². The number of rotatable bonds is 3. The second kappa shape index (κ2) is 8.75. The van der Waals surface area contributed by atoms with E-state index in [-0.39, 0.29) is 30.9 Å². The molecule has 1 aliphatic rings. The van der Waals surface area contributed by atoms with Crippen molar-refractivity contribution in [3.8, 4) is 0 Å². The lowest BCUT2D eigenvalue weighted by atomic mass is 10.0. The molecule has 13 heavy (non-hydrogen) atoms.